The topological polar surface area (TPSA) is 96.0 Å². The standard InChI is InChI=1S/C15H21N3O5S/c1-23-10-5-16-15(20)13-3-2-4-14(11-13)24(21,22)18-8-6-17(12-19)7-9-18/h2-4,11-12H,5-10H2,1H3,(H,16,20). The lowest BCUT2D eigenvalue weighted by atomic mass is 10.2. The van der Waals surface area contributed by atoms with E-state index < -0.39 is 10.0 Å². The second-order valence-electron chi connectivity index (χ2n) is 5.32. The molecule has 9 heteroatoms. The lowest BCUT2D eigenvalue weighted by Gasteiger charge is -2.31. The van der Waals surface area contributed by atoms with Crippen molar-refractivity contribution in [2.45, 2.75) is 4.90 Å². The SMILES string of the molecule is COCCNC(=O)c1cccc(S(=O)(=O)N2CCN(C=O)CC2)c1. The van der Waals surface area contributed by atoms with Crippen LogP contribution in [0.2, 0.25) is 0 Å². The van der Waals surface area contributed by atoms with E-state index in [1.807, 2.05) is 0 Å². The van der Waals surface area contributed by atoms with Crippen LogP contribution in [0.1, 0.15) is 10.4 Å². The quantitative estimate of drug-likeness (QED) is 0.527. The Bertz CT molecular complexity index is 684. The summed E-state index contributed by atoms with van der Waals surface area (Å²) in [4.78, 5) is 24.4. The number of sulfonamides is 1. The van der Waals surface area contributed by atoms with Gasteiger partial charge in [-0.3, -0.25) is 9.59 Å². The van der Waals surface area contributed by atoms with E-state index in [1.165, 1.54) is 28.4 Å². The highest BCUT2D eigenvalue weighted by Crippen LogP contribution is 2.18. The Hall–Kier alpha value is -1.97. The normalized spacial score (nSPS) is 16.0. The molecule has 1 aliphatic heterocycles. The first kappa shape index (κ1) is 18.4. The highest BCUT2D eigenvalue weighted by molar-refractivity contribution is 7.89. The van der Waals surface area contributed by atoms with Gasteiger partial charge >= 0.3 is 0 Å². The highest BCUT2D eigenvalue weighted by Gasteiger charge is 2.28. The molecule has 2 amide bonds. The third-order valence-electron chi connectivity index (χ3n) is 3.75. The Balaban J connectivity index is 2.12. The zero-order valence-corrected chi connectivity index (χ0v) is 14.3. The zero-order valence-electron chi connectivity index (χ0n) is 13.5. The summed E-state index contributed by atoms with van der Waals surface area (Å²) >= 11 is 0. The van der Waals surface area contributed by atoms with Gasteiger partial charge in [-0.1, -0.05) is 6.07 Å². The van der Waals surface area contributed by atoms with Gasteiger partial charge in [0.1, 0.15) is 0 Å². The molecule has 0 spiro atoms. The molecule has 0 aliphatic carbocycles. The molecule has 24 heavy (non-hydrogen) atoms. The first-order valence-electron chi connectivity index (χ1n) is 7.55. The fourth-order valence-electron chi connectivity index (χ4n) is 2.36. The predicted molar refractivity (Wildman–Crippen MR) is 87.0 cm³/mol. The summed E-state index contributed by atoms with van der Waals surface area (Å²) in [5.74, 6) is -0.352. The van der Waals surface area contributed by atoms with Crippen molar-refractivity contribution in [3.8, 4) is 0 Å². The van der Waals surface area contributed by atoms with Crippen LogP contribution in [0.15, 0.2) is 29.2 Å². The van der Waals surface area contributed by atoms with Crippen molar-refractivity contribution in [3.05, 3.63) is 29.8 Å². The number of benzene rings is 1. The molecule has 1 heterocycles. The Morgan fingerprint density at radius 1 is 1.29 bits per heavy atom. The van der Waals surface area contributed by atoms with E-state index >= 15 is 0 Å². The van der Waals surface area contributed by atoms with Gasteiger partial charge < -0.3 is 15.0 Å². The minimum atomic E-state index is -3.69. The summed E-state index contributed by atoms with van der Waals surface area (Å²) in [7, 11) is -2.16. The van der Waals surface area contributed by atoms with Crippen molar-refractivity contribution in [2.24, 2.45) is 0 Å². The molecule has 0 unspecified atom stereocenters. The van der Waals surface area contributed by atoms with Gasteiger partial charge in [-0.2, -0.15) is 4.31 Å². The van der Waals surface area contributed by atoms with Gasteiger partial charge in [0.05, 0.1) is 11.5 Å². The third kappa shape index (κ3) is 4.31. The Morgan fingerprint density at radius 3 is 2.62 bits per heavy atom. The van der Waals surface area contributed by atoms with E-state index in [2.05, 4.69) is 5.32 Å². The number of methoxy groups -OCH3 is 1. The molecule has 1 aliphatic rings. The number of ether oxygens (including phenoxy) is 1. The molecular formula is C15H21N3O5S. The maximum Gasteiger partial charge on any atom is 0.251 e. The van der Waals surface area contributed by atoms with Gasteiger partial charge in [0, 0.05) is 45.4 Å². The number of carbonyl (C=O) groups is 2. The Kier molecular flexibility index (Phi) is 6.29. The summed E-state index contributed by atoms with van der Waals surface area (Å²) in [5.41, 5.74) is 0.277. The number of hydrogen-bond donors (Lipinski definition) is 1. The van der Waals surface area contributed by atoms with E-state index in [0.29, 0.717) is 26.2 Å². The van der Waals surface area contributed by atoms with Crippen LogP contribution in [-0.4, -0.2) is 76.4 Å². The van der Waals surface area contributed by atoms with Gasteiger partial charge in [-0.25, -0.2) is 8.42 Å². The van der Waals surface area contributed by atoms with Gasteiger partial charge in [-0.05, 0) is 18.2 Å². The van der Waals surface area contributed by atoms with E-state index in [1.54, 1.807) is 12.1 Å². The summed E-state index contributed by atoms with van der Waals surface area (Å²) in [6, 6.07) is 5.93. The molecule has 0 radical (unpaired) electrons. The van der Waals surface area contributed by atoms with E-state index in [0.717, 1.165) is 6.41 Å². The van der Waals surface area contributed by atoms with Crippen molar-refractivity contribution in [2.75, 3.05) is 46.4 Å². The number of nitrogens with one attached hydrogen (secondary N) is 1. The van der Waals surface area contributed by atoms with Crippen LogP contribution in [0.3, 0.4) is 0 Å². The van der Waals surface area contributed by atoms with Crippen molar-refractivity contribution < 1.29 is 22.7 Å². The van der Waals surface area contributed by atoms with Crippen LogP contribution in [-0.2, 0) is 19.6 Å². The predicted octanol–water partition coefficient (Wildman–Crippen LogP) is -0.474. The fraction of sp³-hybridized carbons (Fsp3) is 0.467. The second kappa shape index (κ2) is 8.22. The lowest BCUT2D eigenvalue weighted by Crippen LogP contribution is -2.48. The van der Waals surface area contributed by atoms with Crippen molar-refractivity contribution in [1.82, 2.24) is 14.5 Å². The molecule has 132 valence electrons. The molecule has 1 N–H and O–H groups in total. The van der Waals surface area contributed by atoms with E-state index in [4.69, 9.17) is 4.74 Å². The molecule has 1 fully saturated rings. The summed E-state index contributed by atoms with van der Waals surface area (Å²) < 4.78 is 31.6. The molecule has 0 aromatic heterocycles. The van der Waals surface area contributed by atoms with Crippen LogP contribution < -0.4 is 5.32 Å². The second-order valence-corrected chi connectivity index (χ2v) is 7.26. The van der Waals surface area contributed by atoms with Crippen LogP contribution >= 0.6 is 0 Å². The summed E-state index contributed by atoms with van der Waals surface area (Å²) in [6.07, 6.45) is 0.717. The molecule has 0 atom stereocenters. The minimum Gasteiger partial charge on any atom is -0.383 e. The van der Waals surface area contributed by atoms with Crippen molar-refractivity contribution >= 4 is 22.3 Å². The molecule has 0 bridgehead atoms. The first-order valence-corrected chi connectivity index (χ1v) is 8.99. The van der Waals surface area contributed by atoms with Crippen LogP contribution in [0.25, 0.3) is 0 Å². The van der Waals surface area contributed by atoms with Crippen molar-refractivity contribution in [1.29, 1.82) is 0 Å². The van der Waals surface area contributed by atoms with Gasteiger partial charge in [-0.15, -0.1) is 0 Å². The number of hydrogen-bond acceptors (Lipinski definition) is 5. The monoisotopic (exact) mass is 355 g/mol. The average molecular weight is 355 g/mol. The van der Waals surface area contributed by atoms with Crippen molar-refractivity contribution in [3.63, 3.8) is 0 Å². The van der Waals surface area contributed by atoms with E-state index in [9.17, 15) is 18.0 Å². The summed E-state index contributed by atoms with van der Waals surface area (Å²) in [6.45, 7) is 1.93. The average Bonchev–Trinajstić information content (AvgIpc) is 2.62. The van der Waals surface area contributed by atoms with Gasteiger partial charge in [0.25, 0.3) is 5.91 Å². The maximum atomic E-state index is 12.7. The number of nitrogens with zero attached hydrogens (tertiary/aromatic N) is 2. The zero-order chi connectivity index (χ0) is 17.6. The molecule has 1 aromatic rings. The Labute approximate surface area is 141 Å². The number of rotatable bonds is 7. The smallest absolute Gasteiger partial charge is 0.251 e. The number of carbonyl (C=O) groups excluding carboxylic acids is 2. The maximum absolute atomic E-state index is 12.7. The largest absolute Gasteiger partial charge is 0.383 e. The lowest BCUT2D eigenvalue weighted by molar-refractivity contribution is -0.119. The molecule has 1 saturated heterocycles. The number of piperazine rings is 1. The molecular weight excluding hydrogens is 334 g/mol. The van der Waals surface area contributed by atoms with Crippen LogP contribution in [0.4, 0.5) is 0 Å². The molecule has 8 nitrogen and oxygen atoms in total. The Morgan fingerprint density at radius 2 is 2.00 bits per heavy atom. The highest BCUT2D eigenvalue weighted by atomic mass is 32.2. The van der Waals surface area contributed by atoms with Crippen LogP contribution in [0, 0.1) is 0 Å². The molecule has 1 aromatic carbocycles. The van der Waals surface area contributed by atoms with E-state index in [-0.39, 0.29) is 29.5 Å². The minimum absolute atomic E-state index is 0.0708. The van der Waals surface area contributed by atoms with Gasteiger partial charge in [0.15, 0.2) is 0 Å². The summed E-state index contributed by atoms with van der Waals surface area (Å²) in [5, 5.41) is 2.65. The number of amides is 2. The molecule has 2 rings (SSSR count). The molecule has 0 saturated carbocycles. The van der Waals surface area contributed by atoms with Gasteiger partial charge in [0.2, 0.25) is 16.4 Å². The fourth-order valence-corrected chi connectivity index (χ4v) is 3.83. The first-order chi connectivity index (χ1) is 11.5. The van der Waals surface area contributed by atoms with Crippen LogP contribution in [0.5, 0.6) is 0 Å². The third-order valence-corrected chi connectivity index (χ3v) is 5.64.